The minimum absolute atomic E-state index is 0.265. The van der Waals surface area contributed by atoms with Crippen LogP contribution in [0.4, 0.5) is 15.8 Å². The molecule has 3 heterocycles. The van der Waals surface area contributed by atoms with Gasteiger partial charge in [-0.05, 0) is 60.2 Å². The summed E-state index contributed by atoms with van der Waals surface area (Å²) in [6, 6.07) is 17.0. The summed E-state index contributed by atoms with van der Waals surface area (Å²) in [6.45, 7) is 0. The number of nitrogen functional groups attached to an aromatic ring is 1. The molecule has 156 valence electrons. The first-order valence-corrected chi connectivity index (χ1v) is 9.79. The summed E-state index contributed by atoms with van der Waals surface area (Å²) in [4.78, 5) is 21.4. The summed E-state index contributed by atoms with van der Waals surface area (Å²) in [5.74, 6) is -0.672. The number of rotatable bonds is 4. The Morgan fingerprint density at radius 2 is 1.72 bits per heavy atom. The Labute approximate surface area is 182 Å². The third-order valence-electron chi connectivity index (χ3n) is 5.03. The summed E-state index contributed by atoms with van der Waals surface area (Å²) in [5.41, 5.74) is 11.1. The number of anilines is 2. The van der Waals surface area contributed by atoms with Crippen molar-refractivity contribution in [2.45, 2.75) is 0 Å². The molecular formula is C24H17FN6O. The topological polar surface area (TPSA) is 110 Å². The molecule has 0 bridgehead atoms. The van der Waals surface area contributed by atoms with Crippen LogP contribution in [-0.2, 0) is 0 Å². The van der Waals surface area contributed by atoms with Crippen LogP contribution in [0.3, 0.4) is 0 Å². The first-order chi connectivity index (χ1) is 15.6. The molecule has 0 aliphatic carbocycles. The number of pyridine rings is 2. The molecule has 8 heteroatoms. The second-order valence-electron chi connectivity index (χ2n) is 7.23. The quantitative estimate of drug-likeness (QED) is 0.389. The number of nitrogens with one attached hydrogen (secondary N) is 2. The van der Waals surface area contributed by atoms with E-state index in [2.05, 4.69) is 25.5 Å². The van der Waals surface area contributed by atoms with Gasteiger partial charge < -0.3 is 11.1 Å². The molecule has 1 amide bonds. The number of hydrogen-bond acceptors (Lipinski definition) is 5. The summed E-state index contributed by atoms with van der Waals surface area (Å²) in [5, 5.41) is 10.6. The molecule has 0 unspecified atom stereocenters. The van der Waals surface area contributed by atoms with Crippen LogP contribution in [0, 0.1) is 5.82 Å². The van der Waals surface area contributed by atoms with E-state index in [0.717, 1.165) is 22.2 Å². The van der Waals surface area contributed by atoms with E-state index in [1.54, 1.807) is 42.9 Å². The van der Waals surface area contributed by atoms with E-state index in [-0.39, 0.29) is 17.4 Å². The number of carbonyl (C=O) groups is 1. The van der Waals surface area contributed by atoms with E-state index < -0.39 is 0 Å². The van der Waals surface area contributed by atoms with Gasteiger partial charge in [-0.15, -0.1) is 0 Å². The molecule has 0 spiro atoms. The Bertz CT molecular complexity index is 1430. The van der Waals surface area contributed by atoms with Gasteiger partial charge in [0.25, 0.3) is 5.91 Å². The molecule has 0 saturated carbocycles. The van der Waals surface area contributed by atoms with Crippen LogP contribution in [0.25, 0.3) is 33.3 Å². The van der Waals surface area contributed by atoms with Crippen LogP contribution in [0.1, 0.15) is 10.5 Å². The minimum Gasteiger partial charge on any atom is -0.397 e. The number of hydrogen-bond donors (Lipinski definition) is 3. The van der Waals surface area contributed by atoms with E-state index in [1.165, 1.54) is 12.1 Å². The van der Waals surface area contributed by atoms with E-state index in [0.29, 0.717) is 22.5 Å². The van der Waals surface area contributed by atoms with E-state index in [4.69, 9.17) is 5.73 Å². The third-order valence-corrected chi connectivity index (χ3v) is 5.03. The number of nitrogens with zero attached hydrogens (tertiary/aromatic N) is 3. The molecular weight excluding hydrogens is 407 g/mol. The van der Waals surface area contributed by atoms with Crippen molar-refractivity contribution in [3.05, 3.63) is 90.8 Å². The van der Waals surface area contributed by atoms with E-state index in [1.807, 2.05) is 24.3 Å². The Morgan fingerprint density at radius 1 is 0.906 bits per heavy atom. The lowest BCUT2D eigenvalue weighted by Gasteiger charge is -2.06. The lowest BCUT2D eigenvalue weighted by molar-refractivity contribution is 0.102. The second-order valence-corrected chi connectivity index (χ2v) is 7.23. The van der Waals surface area contributed by atoms with E-state index in [9.17, 15) is 9.18 Å². The van der Waals surface area contributed by atoms with Crippen molar-refractivity contribution in [1.29, 1.82) is 0 Å². The maximum Gasteiger partial charge on any atom is 0.276 e. The van der Waals surface area contributed by atoms with Gasteiger partial charge in [-0.25, -0.2) is 4.39 Å². The molecule has 5 rings (SSSR count). The van der Waals surface area contributed by atoms with Crippen molar-refractivity contribution >= 4 is 28.2 Å². The maximum absolute atomic E-state index is 13.1. The number of benzene rings is 2. The summed E-state index contributed by atoms with van der Waals surface area (Å²) < 4.78 is 13.1. The van der Waals surface area contributed by atoms with Gasteiger partial charge in [-0.3, -0.25) is 19.9 Å². The predicted octanol–water partition coefficient (Wildman–Crippen LogP) is 4.66. The number of amides is 1. The van der Waals surface area contributed by atoms with Gasteiger partial charge in [0.2, 0.25) is 0 Å². The Morgan fingerprint density at radius 3 is 2.47 bits per heavy atom. The van der Waals surface area contributed by atoms with Crippen molar-refractivity contribution in [3.63, 3.8) is 0 Å². The zero-order valence-corrected chi connectivity index (χ0v) is 16.7. The summed E-state index contributed by atoms with van der Waals surface area (Å²) in [7, 11) is 0. The summed E-state index contributed by atoms with van der Waals surface area (Å²) in [6.07, 6.45) is 4.84. The lowest BCUT2D eigenvalue weighted by atomic mass is 10.0. The van der Waals surface area contributed by atoms with Crippen LogP contribution in [0.15, 0.2) is 79.3 Å². The molecule has 7 nitrogen and oxygen atoms in total. The highest BCUT2D eigenvalue weighted by atomic mass is 19.1. The first kappa shape index (κ1) is 19.4. The standard InChI is InChI=1S/C24H17FN6O/c25-17-4-1-14(2-5-17)21-8-6-19(13-28-21)29-24(32)23-20-10-15(3-7-22(20)30-31-23)16-9-18(26)12-27-11-16/h1-13H,26H2,(H,29,32)(H,30,31). The van der Waals surface area contributed by atoms with Gasteiger partial charge in [0.05, 0.1) is 28.8 Å². The van der Waals surface area contributed by atoms with Gasteiger partial charge in [-0.2, -0.15) is 5.10 Å². The van der Waals surface area contributed by atoms with Crippen molar-refractivity contribution in [2.24, 2.45) is 0 Å². The van der Waals surface area contributed by atoms with Gasteiger partial charge in [0.15, 0.2) is 5.69 Å². The van der Waals surface area contributed by atoms with E-state index >= 15 is 0 Å². The predicted molar refractivity (Wildman–Crippen MR) is 121 cm³/mol. The number of carbonyl (C=O) groups excluding carboxylic acids is 1. The fraction of sp³-hybridized carbons (Fsp3) is 0. The fourth-order valence-electron chi connectivity index (χ4n) is 3.43. The van der Waals surface area contributed by atoms with Gasteiger partial charge in [-0.1, -0.05) is 6.07 Å². The van der Waals surface area contributed by atoms with Crippen LogP contribution in [0.2, 0.25) is 0 Å². The Hall–Kier alpha value is -4.59. The maximum atomic E-state index is 13.1. The Balaban J connectivity index is 1.40. The third kappa shape index (κ3) is 3.77. The average Bonchev–Trinajstić information content (AvgIpc) is 3.24. The fourth-order valence-corrected chi connectivity index (χ4v) is 3.43. The average molecular weight is 424 g/mol. The molecule has 0 fully saturated rings. The van der Waals surface area contributed by atoms with Crippen molar-refractivity contribution in [2.75, 3.05) is 11.1 Å². The summed E-state index contributed by atoms with van der Waals surface area (Å²) >= 11 is 0. The number of H-pyrrole nitrogens is 1. The number of aromatic amines is 1. The highest BCUT2D eigenvalue weighted by Gasteiger charge is 2.16. The molecule has 0 atom stereocenters. The zero-order chi connectivity index (χ0) is 22.1. The minimum atomic E-state index is -0.365. The smallest absolute Gasteiger partial charge is 0.276 e. The Kier molecular flexibility index (Phi) is 4.79. The number of fused-ring (bicyclic) bond motifs is 1. The van der Waals surface area contributed by atoms with Crippen molar-refractivity contribution in [3.8, 4) is 22.4 Å². The molecule has 3 aromatic heterocycles. The largest absolute Gasteiger partial charge is 0.397 e. The molecule has 5 aromatic rings. The first-order valence-electron chi connectivity index (χ1n) is 9.79. The molecule has 0 aliphatic heterocycles. The van der Waals surface area contributed by atoms with Gasteiger partial charge in [0, 0.05) is 28.9 Å². The van der Waals surface area contributed by atoms with Gasteiger partial charge in [0.1, 0.15) is 5.82 Å². The molecule has 32 heavy (non-hydrogen) atoms. The van der Waals surface area contributed by atoms with Crippen molar-refractivity contribution in [1.82, 2.24) is 20.2 Å². The highest BCUT2D eigenvalue weighted by molar-refractivity contribution is 6.11. The number of halogens is 1. The molecule has 2 aromatic carbocycles. The van der Waals surface area contributed by atoms with Crippen LogP contribution >= 0.6 is 0 Å². The second kappa shape index (κ2) is 7.92. The SMILES string of the molecule is Nc1cncc(-c2ccc3[nH]nc(C(=O)Nc4ccc(-c5ccc(F)cc5)nc4)c3c2)c1. The molecule has 0 saturated heterocycles. The van der Waals surface area contributed by atoms with Crippen LogP contribution in [0.5, 0.6) is 0 Å². The van der Waals surface area contributed by atoms with Crippen LogP contribution in [-0.4, -0.2) is 26.1 Å². The molecule has 0 radical (unpaired) electrons. The van der Waals surface area contributed by atoms with Crippen LogP contribution < -0.4 is 11.1 Å². The number of aromatic nitrogens is 4. The highest BCUT2D eigenvalue weighted by Crippen LogP contribution is 2.26. The molecule has 0 aliphatic rings. The van der Waals surface area contributed by atoms with Crippen molar-refractivity contribution < 1.29 is 9.18 Å². The normalized spacial score (nSPS) is 10.9. The molecule has 4 N–H and O–H groups in total. The lowest BCUT2D eigenvalue weighted by Crippen LogP contribution is -2.13. The number of nitrogens with two attached hydrogens (primary N) is 1. The monoisotopic (exact) mass is 424 g/mol. The van der Waals surface area contributed by atoms with Gasteiger partial charge >= 0.3 is 0 Å². The zero-order valence-electron chi connectivity index (χ0n) is 16.7.